The summed E-state index contributed by atoms with van der Waals surface area (Å²) < 4.78 is 1.06. The van der Waals surface area contributed by atoms with Gasteiger partial charge in [-0.05, 0) is 50.4 Å². The fourth-order valence-electron chi connectivity index (χ4n) is 2.62. The van der Waals surface area contributed by atoms with Gasteiger partial charge in [0.2, 0.25) is 5.91 Å². The number of carbonyl (C=O) groups excluding carboxylic acids is 1. The fraction of sp³-hybridized carbons (Fsp3) is 0.562. The molecule has 1 unspecified atom stereocenters. The molecule has 1 aliphatic rings. The molecule has 0 spiro atoms. The summed E-state index contributed by atoms with van der Waals surface area (Å²) in [6.45, 7) is 3.13. The first-order chi connectivity index (χ1) is 9.65. The van der Waals surface area contributed by atoms with Crippen LogP contribution >= 0.6 is 15.9 Å². The molecule has 0 aliphatic carbocycles. The first-order valence-electron chi connectivity index (χ1n) is 7.43. The van der Waals surface area contributed by atoms with Gasteiger partial charge in [0.15, 0.2) is 0 Å². The molecule has 0 radical (unpaired) electrons. The average Bonchev–Trinajstić information content (AvgIpc) is 2.47. The SMILES string of the molecule is C[C@@H](NC(=O)CCC1CCCCN1)c1ccc(Br)cc1. The van der Waals surface area contributed by atoms with E-state index in [-0.39, 0.29) is 11.9 Å². The number of piperidine rings is 1. The Balaban J connectivity index is 1.74. The van der Waals surface area contributed by atoms with Crippen molar-refractivity contribution in [1.82, 2.24) is 10.6 Å². The first kappa shape index (κ1) is 15.5. The number of hydrogen-bond donors (Lipinski definition) is 2. The lowest BCUT2D eigenvalue weighted by Gasteiger charge is -2.23. The summed E-state index contributed by atoms with van der Waals surface area (Å²) >= 11 is 3.42. The zero-order chi connectivity index (χ0) is 14.4. The highest BCUT2D eigenvalue weighted by atomic mass is 79.9. The van der Waals surface area contributed by atoms with E-state index in [9.17, 15) is 4.79 Å². The molecule has 1 heterocycles. The number of halogens is 1. The van der Waals surface area contributed by atoms with E-state index >= 15 is 0 Å². The van der Waals surface area contributed by atoms with Gasteiger partial charge in [-0.1, -0.05) is 34.5 Å². The van der Waals surface area contributed by atoms with Crippen LogP contribution in [0.4, 0.5) is 0 Å². The van der Waals surface area contributed by atoms with Crippen molar-refractivity contribution in [3.05, 3.63) is 34.3 Å². The molecule has 1 aliphatic heterocycles. The lowest BCUT2D eigenvalue weighted by molar-refractivity contribution is -0.122. The van der Waals surface area contributed by atoms with Gasteiger partial charge in [0.1, 0.15) is 0 Å². The molecule has 0 bridgehead atoms. The van der Waals surface area contributed by atoms with Crippen LogP contribution in [0.2, 0.25) is 0 Å². The molecule has 1 aromatic carbocycles. The molecular weight excluding hydrogens is 316 g/mol. The standard InChI is InChI=1S/C16H23BrN2O/c1-12(13-5-7-14(17)8-6-13)19-16(20)10-9-15-4-2-3-11-18-15/h5-8,12,15,18H,2-4,9-11H2,1H3,(H,19,20)/t12-,15?/m1/s1. The zero-order valence-electron chi connectivity index (χ0n) is 12.0. The number of carbonyl (C=O) groups is 1. The van der Waals surface area contributed by atoms with E-state index in [0.29, 0.717) is 12.5 Å². The van der Waals surface area contributed by atoms with Crippen molar-refractivity contribution in [2.75, 3.05) is 6.54 Å². The fourth-order valence-corrected chi connectivity index (χ4v) is 2.89. The van der Waals surface area contributed by atoms with Crippen molar-refractivity contribution in [2.24, 2.45) is 0 Å². The van der Waals surface area contributed by atoms with Crippen LogP contribution in [0.15, 0.2) is 28.7 Å². The lowest BCUT2D eigenvalue weighted by Crippen LogP contribution is -2.35. The van der Waals surface area contributed by atoms with Crippen LogP contribution in [0.1, 0.15) is 50.6 Å². The molecule has 2 N–H and O–H groups in total. The monoisotopic (exact) mass is 338 g/mol. The molecule has 2 atom stereocenters. The van der Waals surface area contributed by atoms with Crippen molar-refractivity contribution in [3.8, 4) is 0 Å². The maximum absolute atomic E-state index is 12.0. The van der Waals surface area contributed by atoms with Gasteiger partial charge < -0.3 is 10.6 Å². The highest BCUT2D eigenvalue weighted by Gasteiger charge is 2.15. The van der Waals surface area contributed by atoms with Gasteiger partial charge in [-0.25, -0.2) is 0 Å². The summed E-state index contributed by atoms with van der Waals surface area (Å²) in [5.41, 5.74) is 1.14. The average molecular weight is 339 g/mol. The normalized spacial score (nSPS) is 20.4. The van der Waals surface area contributed by atoms with Crippen LogP contribution in [-0.2, 0) is 4.79 Å². The maximum Gasteiger partial charge on any atom is 0.220 e. The number of rotatable bonds is 5. The second-order valence-corrected chi connectivity index (χ2v) is 6.44. The number of nitrogens with one attached hydrogen (secondary N) is 2. The molecule has 1 amide bonds. The summed E-state index contributed by atoms with van der Waals surface area (Å²) in [5, 5.41) is 6.55. The molecule has 20 heavy (non-hydrogen) atoms. The van der Waals surface area contributed by atoms with E-state index in [1.165, 1.54) is 19.3 Å². The van der Waals surface area contributed by atoms with Gasteiger partial charge >= 0.3 is 0 Å². The molecule has 2 rings (SSSR count). The van der Waals surface area contributed by atoms with Crippen LogP contribution in [-0.4, -0.2) is 18.5 Å². The first-order valence-corrected chi connectivity index (χ1v) is 8.22. The Morgan fingerprint density at radius 3 is 2.80 bits per heavy atom. The predicted molar refractivity (Wildman–Crippen MR) is 85.6 cm³/mol. The van der Waals surface area contributed by atoms with Gasteiger partial charge in [-0.3, -0.25) is 4.79 Å². The van der Waals surface area contributed by atoms with Crippen LogP contribution in [0.3, 0.4) is 0 Å². The predicted octanol–water partition coefficient (Wildman–Crippen LogP) is 3.55. The van der Waals surface area contributed by atoms with Crippen LogP contribution in [0, 0.1) is 0 Å². The van der Waals surface area contributed by atoms with E-state index in [1.807, 2.05) is 31.2 Å². The number of hydrogen-bond acceptors (Lipinski definition) is 2. The topological polar surface area (TPSA) is 41.1 Å². The molecule has 1 fully saturated rings. The smallest absolute Gasteiger partial charge is 0.220 e. The maximum atomic E-state index is 12.0. The Labute approximate surface area is 129 Å². The molecule has 1 saturated heterocycles. The lowest BCUT2D eigenvalue weighted by atomic mass is 10.0. The highest BCUT2D eigenvalue weighted by molar-refractivity contribution is 9.10. The van der Waals surface area contributed by atoms with E-state index in [0.717, 1.165) is 23.0 Å². The Bertz CT molecular complexity index is 427. The largest absolute Gasteiger partial charge is 0.350 e. The van der Waals surface area contributed by atoms with E-state index in [4.69, 9.17) is 0 Å². The van der Waals surface area contributed by atoms with Crippen molar-refractivity contribution in [1.29, 1.82) is 0 Å². The van der Waals surface area contributed by atoms with Crippen molar-refractivity contribution in [3.63, 3.8) is 0 Å². The van der Waals surface area contributed by atoms with Gasteiger partial charge in [0.25, 0.3) is 0 Å². The van der Waals surface area contributed by atoms with E-state index < -0.39 is 0 Å². The van der Waals surface area contributed by atoms with E-state index in [2.05, 4.69) is 26.6 Å². The zero-order valence-corrected chi connectivity index (χ0v) is 13.6. The Morgan fingerprint density at radius 2 is 2.15 bits per heavy atom. The van der Waals surface area contributed by atoms with Gasteiger partial charge in [0.05, 0.1) is 6.04 Å². The summed E-state index contributed by atoms with van der Waals surface area (Å²) in [5.74, 6) is 0.146. The third-order valence-corrected chi connectivity index (χ3v) is 4.41. The summed E-state index contributed by atoms with van der Waals surface area (Å²) in [6.07, 6.45) is 5.31. The quantitative estimate of drug-likeness (QED) is 0.861. The Kier molecular flexibility index (Phi) is 6.05. The highest BCUT2D eigenvalue weighted by Crippen LogP contribution is 2.17. The molecular formula is C16H23BrN2O. The molecule has 1 aromatic rings. The van der Waals surface area contributed by atoms with Gasteiger partial charge in [0, 0.05) is 16.9 Å². The minimum atomic E-state index is 0.0647. The van der Waals surface area contributed by atoms with Gasteiger partial charge in [-0.15, -0.1) is 0 Å². The number of amides is 1. The minimum absolute atomic E-state index is 0.0647. The molecule has 4 heteroatoms. The Hall–Kier alpha value is -0.870. The van der Waals surface area contributed by atoms with Gasteiger partial charge in [-0.2, -0.15) is 0 Å². The van der Waals surface area contributed by atoms with Crippen LogP contribution < -0.4 is 10.6 Å². The molecule has 110 valence electrons. The second kappa shape index (κ2) is 7.79. The molecule has 0 saturated carbocycles. The Morgan fingerprint density at radius 1 is 1.40 bits per heavy atom. The third kappa shape index (κ3) is 4.91. The van der Waals surface area contributed by atoms with Crippen LogP contribution in [0.25, 0.3) is 0 Å². The van der Waals surface area contributed by atoms with Crippen molar-refractivity contribution < 1.29 is 4.79 Å². The third-order valence-electron chi connectivity index (χ3n) is 3.88. The van der Waals surface area contributed by atoms with Crippen molar-refractivity contribution in [2.45, 2.75) is 51.1 Å². The molecule has 0 aromatic heterocycles. The van der Waals surface area contributed by atoms with Crippen molar-refractivity contribution >= 4 is 21.8 Å². The van der Waals surface area contributed by atoms with E-state index in [1.54, 1.807) is 0 Å². The summed E-state index contributed by atoms with van der Waals surface area (Å²) in [7, 11) is 0. The number of benzene rings is 1. The summed E-state index contributed by atoms with van der Waals surface area (Å²) in [4.78, 5) is 12.0. The molecule has 3 nitrogen and oxygen atoms in total. The second-order valence-electron chi connectivity index (χ2n) is 5.53. The minimum Gasteiger partial charge on any atom is -0.350 e. The van der Waals surface area contributed by atoms with Crippen LogP contribution in [0.5, 0.6) is 0 Å². The summed E-state index contributed by atoms with van der Waals surface area (Å²) in [6, 6.07) is 8.68.